The number of hydrogen-bond donors (Lipinski definition) is 0. The summed E-state index contributed by atoms with van der Waals surface area (Å²) in [5.74, 6) is 1.80. The van der Waals surface area contributed by atoms with Gasteiger partial charge in [0, 0.05) is 29.2 Å². The minimum absolute atomic E-state index is 0.103. The summed E-state index contributed by atoms with van der Waals surface area (Å²) in [5.41, 5.74) is 2.82. The van der Waals surface area contributed by atoms with Crippen LogP contribution in [-0.2, 0) is 0 Å². The highest BCUT2D eigenvalue weighted by Crippen LogP contribution is 2.45. The van der Waals surface area contributed by atoms with E-state index in [0.29, 0.717) is 6.04 Å². The fraction of sp³-hybridized carbons (Fsp3) is 0.238. The summed E-state index contributed by atoms with van der Waals surface area (Å²) in [6.07, 6.45) is 3.61. The summed E-state index contributed by atoms with van der Waals surface area (Å²) in [6.45, 7) is 6.55. The Labute approximate surface area is 151 Å². The summed E-state index contributed by atoms with van der Waals surface area (Å²) in [7, 11) is 0. The first-order valence-electron chi connectivity index (χ1n) is 8.95. The van der Waals surface area contributed by atoms with Crippen LogP contribution >= 0.6 is 0 Å². The predicted octanol–water partition coefficient (Wildman–Crippen LogP) is 5.09. The second-order valence-corrected chi connectivity index (χ2v) is 6.96. The van der Waals surface area contributed by atoms with Crippen LogP contribution in [0.4, 0.5) is 17.3 Å². The van der Waals surface area contributed by atoms with E-state index in [4.69, 9.17) is 4.42 Å². The lowest BCUT2D eigenvalue weighted by molar-refractivity contribution is 0.598. The molecule has 5 heteroatoms. The summed E-state index contributed by atoms with van der Waals surface area (Å²) >= 11 is 0. The third kappa shape index (κ3) is 1.97. The van der Waals surface area contributed by atoms with Gasteiger partial charge in [-0.15, -0.1) is 0 Å². The van der Waals surface area contributed by atoms with Gasteiger partial charge in [0.2, 0.25) is 0 Å². The Balaban J connectivity index is 1.78. The summed E-state index contributed by atoms with van der Waals surface area (Å²) in [5, 5.41) is 2.26. The van der Waals surface area contributed by atoms with Gasteiger partial charge in [-0.25, -0.2) is 9.97 Å². The highest BCUT2D eigenvalue weighted by Gasteiger charge is 2.38. The number of nitrogens with zero attached hydrogens (tertiary/aromatic N) is 4. The first kappa shape index (κ1) is 15.2. The average Bonchev–Trinajstić information content (AvgIpc) is 3.16. The van der Waals surface area contributed by atoms with Gasteiger partial charge in [0.05, 0.1) is 5.69 Å². The molecule has 0 bridgehead atoms. The van der Waals surface area contributed by atoms with Crippen molar-refractivity contribution >= 4 is 39.3 Å². The van der Waals surface area contributed by atoms with E-state index in [1.165, 1.54) is 0 Å². The molecule has 0 spiro atoms. The molecule has 0 fully saturated rings. The number of anilines is 3. The second-order valence-electron chi connectivity index (χ2n) is 6.96. The topological polar surface area (TPSA) is 45.4 Å². The number of aromatic nitrogens is 2. The van der Waals surface area contributed by atoms with Gasteiger partial charge in [0.25, 0.3) is 0 Å². The van der Waals surface area contributed by atoms with Crippen LogP contribution < -0.4 is 9.80 Å². The van der Waals surface area contributed by atoms with E-state index in [9.17, 15) is 0 Å². The van der Waals surface area contributed by atoms with Gasteiger partial charge < -0.3 is 9.32 Å². The fourth-order valence-corrected chi connectivity index (χ4v) is 4.07. The molecule has 4 aromatic rings. The van der Waals surface area contributed by atoms with Crippen molar-refractivity contribution in [1.82, 2.24) is 9.97 Å². The van der Waals surface area contributed by atoms with Crippen molar-refractivity contribution in [1.29, 1.82) is 0 Å². The highest BCUT2D eigenvalue weighted by molar-refractivity contribution is 6.09. The van der Waals surface area contributed by atoms with E-state index in [2.05, 4.69) is 64.8 Å². The molecule has 5 rings (SSSR count). The number of hydrogen-bond acceptors (Lipinski definition) is 5. The Bertz CT molecular complexity index is 1120. The van der Waals surface area contributed by atoms with Gasteiger partial charge in [-0.1, -0.05) is 30.3 Å². The van der Waals surface area contributed by atoms with Gasteiger partial charge in [-0.2, -0.15) is 0 Å². The first-order chi connectivity index (χ1) is 12.7. The van der Waals surface area contributed by atoms with Crippen molar-refractivity contribution < 1.29 is 4.42 Å². The van der Waals surface area contributed by atoms with E-state index in [1.54, 1.807) is 12.4 Å². The number of para-hydroxylation sites is 2. The lowest BCUT2D eigenvalue weighted by Crippen LogP contribution is -2.42. The van der Waals surface area contributed by atoms with Crippen LogP contribution in [0.1, 0.15) is 20.8 Å². The van der Waals surface area contributed by atoms with E-state index >= 15 is 0 Å². The molecule has 0 saturated carbocycles. The Morgan fingerprint density at radius 3 is 2.46 bits per heavy atom. The standard InChI is InChI=1S/C21H20N4O/c1-13(2)24-14(3)25(21-20(24)22-11-12-23-21)17-9-6-8-16-15-7-4-5-10-18(15)26-19(16)17/h4-14H,1-3H3/t14-/m0/s1. The van der Waals surface area contributed by atoms with E-state index in [0.717, 1.165) is 39.3 Å². The van der Waals surface area contributed by atoms with Crippen LogP contribution in [-0.4, -0.2) is 22.2 Å². The van der Waals surface area contributed by atoms with Crippen molar-refractivity contribution in [2.45, 2.75) is 33.0 Å². The molecular formula is C21H20N4O. The molecule has 130 valence electrons. The molecule has 0 saturated heterocycles. The van der Waals surface area contributed by atoms with Crippen molar-refractivity contribution in [2.24, 2.45) is 0 Å². The summed E-state index contributed by atoms with van der Waals surface area (Å²) in [4.78, 5) is 13.8. The minimum Gasteiger partial charge on any atom is -0.454 e. The highest BCUT2D eigenvalue weighted by atomic mass is 16.3. The molecule has 3 heterocycles. The van der Waals surface area contributed by atoms with Crippen LogP contribution in [0, 0.1) is 0 Å². The molecule has 0 aliphatic carbocycles. The zero-order valence-corrected chi connectivity index (χ0v) is 15.0. The Morgan fingerprint density at radius 2 is 1.65 bits per heavy atom. The second kappa shape index (κ2) is 5.46. The van der Waals surface area contributed by atoms with E-state index < -0.39 is 0 Å². The van der Waals surface area contributed by atoms with Crippen LogP contribution in [0.15, 0.2) is 59.3 Å². The predicted molar refractivity (Wildman–Crippen MR) is 105 cm³/mol. The monoisotopic (exact) mass is 344 g/mol. The van der Waals surface area contributed by atoms with Gasteiger partial charge in [-0.05, 0) is 32.9 Å². The largest absolute Gasteiger partial charge is 0.454 e. The van der Waals surface area contributed by atoms with Gasteiger partial charge in [0.15, 0.2) is 17.2 Å². The number of benzene rings is 2. The molecule has 0 unspecified atom stereocenters. The average molecular weight is 344 g/mol. The Kier molecular flexibility index (Phi) is 3.19. The number of rotatable bonds is 2. The molecule has 1 atom stereocenters. The smallest absolute Gasteiger partial charge is 0.178 e. The van der Waals surface area contributed by atoms with E-state index in [-0.39, 0.29) is 6.17 Å². The van der Waals surface area contributed by atoms with Gasteiger partial charge in [-0.3, -0.25) is 4.90 Å². The maximum Gasteiger partial charge on any atom is 0.178 e. The van der Waals surface area contributed by atoms with E-state index in [1.807, 2.05) is 18.2 Å². The van der Waals surface area contributed by atoms with Gasteiger partial charge >= 0.3 is 0 Å². The normalized spacial score (nSPS) is 16.8. The molecule has 2 aromatic heterocycles. The van der Waals surface area contributed by atoms with Crippen LogP contribution in [0.5, 0.6) is 0 Å². The first-order valence-corrected chi connectivity index (χ1v) is 8.95. The summed E-state index contributed by atoms with van der Waals surface area (Å²) < 4.78 is 6.25. The zero-order valence-electron chi connectivity index (χ0n) is 15.0. The molecule has 5 nitrogen and oxygen atoms in total. The third-order valence-corrected chi connectivity index (χ3v) is 5.11. The molecule has 1 aliphatic heterocycles. The van der Waals surface area contributed by atoms with Crippen LogP contribution in [0.3, 0.4) is 0 Å². The zero-order chi connectivity index (χ0) is 17.8. The lowest BCUT2D eigenvalue weighted by Gasteiger charge is -2.31. The molecule has 0 radical (unpaired) electrons. The van der Waals surface area contributed by atoms with Crippen LogP contribution in [0.2, 0.25) is 0 Å². The Morgan fingerprint density at radius 1 is 0.923 bits per heavy atom. The lowest BCUT2D eigenvalue weighted by atomic mass is 10.1. The van der Waals surface area contributed by atoms with Gasteiger partial charge in [0.1, 0.15) is 11.7 Å². The SMILES string of the molecule is CC(C)N1c2nccnc2N(c2cccc3c2oc2ccccc23)[C@H]1C. The van der Waals surface area contributed by atoms with Crippen molar-refractivity contribution in [3.63, 3.8) is 0 Å². The Hall–Kier alpha value is -3.08. The van der Waals surface area contributed by atoms with Crippen molar-refractivity contribution in [3.05, 3.63) is 54.9 Å². The fourth-order valence-electron chi connectivity index (χ4n) is 4.07. The third-order valence-electron chi connectivity index (χ3n) is 5.11. The van der Waals surface area contributed by atoms with Crippen molar-refractivity contribution in [3.8, 4) is 0 Å². The number of furan rings is 1. The molecule has 0 amide bonds. The maximum atomic E-state index is 6.25. The molecule has 26 heavy (non-hydrogen) atoms. The number of fused-ring (bicyclic) bond motifs is 4. The molecule has 2 aromatic carbocycles. The molecule has 1 aliphatic rings. The maximum absolute atomic E-state index is 6.25. The molecule has 0 N–H and O–H groups in total. The minimum atomic E-state index is 0.103. The summed E-state index contributed by atoms with van der Waals surface area (Å²) in [6, 6.07) is 14.8. The van der Waals surface area contributed by atoms with Crippen molar-refractivity contribution in [2.75, 3.05) is 9.80 Å². The van der Waals surface area contributed by atoms with Crippen LogP contribution in [0.25, 0.3) is 21.9 Å². The quantitative estimate of drug-likeness (QED) is 0.507. The molecular weight excluding hydrogens is 324 g/mol.